The van der Waals surface area contributed by atoms with Crippen molar-refractivity contribution in [1.82, 2.24) is 0 Å². The maximum absolute atomic E-state index is 12.8. The first-order chi connectivity index (χ1) is 11.1. The van der Waals surface area contributed by atoms with Gasteiger partial charge in [0.2, 0.25) is 0 Å². The van der Waals surface area contributed by atoms with Gasteiger partial charge in [-0.05, 0) is 35.7 Å². The van der Waals surface area contributed by atoms with Crippen LogP contribution in [0.2, 0.25) is 0 Å². The third-order valence-electron chi connectivity index (χ3n) is 3.85. The molecule has 3 aromatic rings. The first-order valence-corrected chi connectivity index (χ1v) is 7.46. The zero-order chi connectivity index (χ0) is 16.2. The molecule has 0 aliphatic carbocycles. The lowest BCUT2D eigenvalue weighted by molar-refractivity contribution is 0.103. The lowest BCUT2D eigenvalue weighted by Gasteiger charge is -2.10. The molecule has 0 amide bonds. The van der Waals surface area contributed by atoms with E-state index in [1.54, 1.807) is 18.2 Å². The molecular weight excluding hydrogens is 284 g/mol. The largest absolute Gasteiger partial charge is 0.397 e. The Labute approximate surface area is 135 Å². The summed E-state index contributed by atoms with van der Waals surface area (Å²) in [5.74, 6) is -0.0387. The van der Waals surface area contributed by atoms with Crippen molar-refractivity contribution >= 4 is 17.2 Å². The number of carbonyl (C=O) groups is 1. The van der Waals surface area contributed by atoms with Crippen LogP contribution >= 0.6 is 0 Å². The summed E-state index contributed by atoms with van der Waals surface area (Å²) in [6.07, 6.45) is 0.715. The molecule has 3 rings (SSSR count). The maximum atomic E-state index is 12.8. The standard InChI is InChI=1S/C20H18N2O/c21-18-11-10-16(13-19(18)22)20(23)17-9-5-4-8-15(17)12-14-6-2-1-3-7-14/h1-11,13H,12,21-22H2. The van der Waals surface area contributed by atoms with Crippen molar-refractivity contribution in [2.75, 3.05) is 11.5 Å². The first-order valence-electron chi connectivity index (χ1n) is 7.46. The summed E-state index contributed by atoms with van der Waals surface area (Å²) >= 11 is 0. The van der Waals surface area contributed by atoms with Gasteiger partial charge in [-0.15, -0.1) is 0 Å². The molecule has 23 heavy (non-hydrogen) atoms. The second-order valence-corrected chi connectivity index (χ2v) is 5.49. The molecule has 0 spiro atoms. The number of benzene rings is 3. The Hall–Kier alpha value is -3.07. The molecule has 0 heterocycles. The molecule has 0 saturated carbocycles. The summed E-state index contributed by atoms with van der Waals surface area (Å²) in [6.45, 7) is 0. The Bertz CT molecular complexity index is 841. The summed E-state index contributed by atoms with van der Waals surface area (Å²) in [4.78, 5) is 12.8. The normalized spacial score (nSPS) is 10.4. The smallest absolute Gasteiger partial charge is 0.193 e. The van der Waals surface area contributed by atoms with Crippen molar-refractivity contribution in [3.63, 3.8) is 0 Å². The van der Waals surface area contributed by atoms with E-state index in [0.717, 1.165) is 5.56 Å². The maximum Gasteiger partial charge on any atom is 0.193 e. The minimum Gasteiger partial charge on any atom is -0.397 e. The molecule has 0 radical (unpaired) electrons. The van der Waals surface area contributed by atoms with Gasteiger partial charge < -0.3 is 11.5 Å². The molecule has 0 fully saturated rings. The Balaban J connectivity index is 1.96. The second kappa shape index (κ2) is 6.36. The molecule has 0 aliphatic heterocycles. The average molecular weight is 302 g/mol. The number of nitrogen functional groups attached to an aromatic ring is 2. The van der Waals surface area contributed by atoms with Crippen LogP contribution in [0, 0.1) is 0 Å². The van der Waals surface area contributed by atoms with Gasteiger partial charge in [0.25, 0.3) is 0 Å². The van der Waals surface area contributed by atoms with Crippen LogP contribution in [-0.2, 0) is 6.42 Å². The summed E-state index contributed by atoms with van der Waals surface area (Å²) < 4.78 is 0. The number of anilines is 2. The van der Waals surface area contributed by atoms with Gasteiger partial charge in [-0.25, -0.2) is 0 Å². The predicted octanol–water partition coefficient (Wildman–Crippen LogP) is 3.67. The molecule has 114 valence electrons. The molecule has 3 heteroatoms. The monoisotopic (exact) mass is 302 g/mol. The quantitative estimate of drug-likeness (QED) is 0.570. The summed E-state index contributed by atoms with van der Waals surface area (Å²) in [7, 11) is 0. The van der Waals surface area contributed by atoms with Gasteiger partial charge in [-0.2, -0.15) is 0 Å². The van der Waals surface area contributed by atoms with Crippen molar-refractivity contribution in [2.24, 2.45) is 0 Å². The van der Waals surface area contributed by atoms with E-state index in [4.69, 9.17) is 11.5 Å². The van der Waals surface area contributed by atoms with E-state index in [9.17, 15) is 4.79 Å². The highest BCUT2D eigenvalue weighted by Crippen LogP contribution is 2.22. The van der Waals surface area contributed by atoms with Gasteiger partial charge in [0, 0.05) is 11.1 Å². The van der Waals surface area contributed by atoms with Gasteiger partial charge in [0.05, 0.1) is 11.4 Å². The number of nitrogens with two attached hydrogens (primary N) is 2. The molecular formula is C20H18N2O. The van der Waals surface area contributed by atoms with Crippen molar-refractivity contribution in [3.8, 4) is 0 Å². The Morgan fingerprint density at radius 1 is 0.783 bits per heavy atom. The van der Waals surface area contributed by atoms with Crippen molar-refractivity contribution in [1.29, 1.82) is 0 Å². The van der Waals surface area contributed by atoms with Crippen LogP contribution in [-0.4, -0.2) is 5.78 Å². The lowest BCUT2D eigenvalue weighted by atomic mass is 9.94. The third-order valence-corrected chi connectivity index (χ3v) is 3.85. The van der Waals surface area contributed by atoms with Crippen molar-refractivity contribution in [3.05, 3.63) is 95.1 Å². The molecule has 0 saturated heterocycles. The molecule has 3 nitrogen and oxygen atoms in total. The van der Waals surface area contributed by atoms with E-state index in [2.05, 4.69) is 12.1 Å². The van der Waals surface area contributed by atoms with E-state index in [0.29, 0.717) is 28.9 Å². The van der Waals surface area contributed by atoms with Crippen LogP contribution in [0.5, 0.6) is 0 Å². The number of carbonyl (C=O) groups excluding carboxylic acids is 1. The van der Waals surface area contributed by atoms with Gasteiger partial charge >= 0.3 is 0 Å². The van der Waals surface area contributed by atoms with Gasteiger partial charge in [0.1, 0.15) is 0 Å². The second-order valence-electron chi connectivity index (χ2n) is 5.49. The SMILES string of the molecule is Nc1ccc(C(=O)c2ccccc2Cc2ccccc2)cc1N. The van der Waals surface area contributed by atoms with Crippen LogP contribution in [0.15, 0.2) is 72.8 Å². The third kappa shape index (κ3) is 3.24. The minimum absolute atomic E-state index is 0.0387. The average Bonchev–Trinajstić information content (AvgIpc) is 2.58. The van der Waals surface area contributed by atoms with E-state index in [1.807, 2.05) is 42.5 Å². The predicted molar refractivity (Wildman–Crippen MR) is 94.4 cm³/mol. The number of rotatable bonds is 4. The van der Waals surface area contributed by atoms with Crippen LogP contribution in [0.4, 0.5) is 11.4 Å². The van der Waals surface area contributed by atoms with Crippen LogP contribution in [0.1, 0.15) is 27.0 Å². The van der Waals surface area contributed by atoms with Crippen molar-refractivity contribution < 1.29 is 4.79 Å². The zero-order valence-electron chi connectivity index (χ0n) is 12.7. The van der Waals surface area contributed by atoms with Crippen LogP contribution < -0.4 is 11.5 Å². The van der Waals surface area contributed by atoms with E-state index >= 15 is 0 Å². The van der Waals surface area contributed by atoms with Crippen LogP contribution in [0.25, 0.3) is 0 Å². The summed E-state index contributed by atoms with van der Waals surface area (Å²) in [5.41, 5.74) is 15.9. The van der Waals surface area contributed by atoms with Gasteiger partial charge in [-0.3, -0.25) is 4.79 Å². The topological polar surface area (TPSA) is 69.1 Å². The summed E-state index contributed by atoms with van der Waals surface area (Å²) in [5, 5.41) is 0. The van der Waals surface area contributed by atoms with Gasteiger partial charge in [0.15, 0.2) is 5.78 Å². The summed E-state index contributed by atoms with van der Waals surface area (Å²) in [6, 6.07) is 22.8. The van der Waals surface area contributed by atoms with E-state index in [-0.39, 0.29) is 5.78 Å². The van der Waals surface area contributed by atoms with Crippen LogP contribution in [0.3, 0.4) is 0 Å². The Kier molecular flexibility index (Phi) is 4.11. The molecule has 0 unspecified atom stereocenters. The number of hydrogen-bond acceptors (Lipinski definition) is 3. The minimum atomic E-state index is -0.0387. The first kappa shape index (κ1) is 14.9. The zero-order valence-corrected chi connectivity index (χ0v) is 12.7. The van der Waals surface area contributed by atoms with E-state index in [1.165, 1.54) is 5.56 Å². The molecule has 4 N–H and O–H groups in total. The fourth-order valence-corrected chi connectivity index (χ4v) is 2.58. The highest BCUT2D eigenvalue weighted by atomic mass is 16.1. The van der Waals surface area contributed by atoms with Crippen molar-refractivity contribution in [2.45, 2.75) is 6.42 Å². The molecule has 0 bridgehead atoms. The molecule has 0 aromatic heterocycles. The lowest BCUT2D eigenvalue weighted by Crippen LogP contribution is -2.07. The highest BCUT2D eigenvalue weighted by molar-refractivity contribution is 6.10. The Morgan fingerprint density at radius 3 is 2.22 bits per heavy atom. The number of hydrogen-bond donors (Lipinski definition) is 2. The van der Waals surface area contributed by atoms with E-state index < -0.39 is 0 Å². The fraction of sp³-hybridized carbons (Fsp3) is 0.0500. The molecule has 0 atom stereocenters. The number of ketones is 1. The fourth-order valence-electron chi connectivity index (χ4n) is 2.58. The molecule has 3 aromatic carbocycles. The highest BCUT2D eigenvalue weighted by Gasteiger charge is 2.14. The van der Waals surface area contributed by atoms with Gasteiger partial charge in [-0.1, -0.05) is 54.6 Å². The molecule has 0 aliphatic rings. The Morgan fingerprint density at radius 2 is 1.48 bits per heavy atom.